The largest absolute Gasteiger partial charge is 0.319 e. The maximum absolute atomic E-state index is 5.95. The molecule has 2 rings (SSSR count). The molecule has 1 aromatic heterocycles. The highest BCUT2D eigenvalue weighted by atomic mass is 35.5. The van der Waals surface area contributed by atoms with Gasteiger partial charge in [0.2, 0.25) is 0 Å². The van der Waals surface area contributed by atoms with Crippen LogP contribution < -0.4 is 5.32 Å². The molecule has 1 unspecified atom stereocenters. The van der Waals surface area contributed by atoms with Gasteiger partial charge in [0.15, 0.2) is 0 Å². The van der Waals surface area contributed by atoms with Gasteiger partial charge < -0.3 is 5.32 Å². The van der Waals surface area contributed by atoms with Gasteiger partial charge in [-0.25, -0.2) is 0 Å². The quantitative estimate of drug-likeness (QED) is 0.789. The zero-order chi connectivity index (χ0) is 14.4. The standard InChI is InChI=1S/C17H22ClNS/c1-3-16-8-9-17(20-16)11-14(12-19-2)10-13-4-6-15(18)7-5-13/h4-9,14,19H,3,10-12H2,1-2H3. The van der Waals surface area contributed by atoms with Crippen LogP contribution in [0.15, 0.2) is 36.4 Å². The third kappa shape index (κ3) is 4.62. The monoisotopic (exact) mass is 307 g/mol. The van der Waals surface area contributed by atoms with Crippen molar-refractivity contribution in [3.63, 3.8) is 0 Å². The van der Waals surface area contributed by atoms with Crippen LogP contribution in [0.1, 0.15) is 22.2 Å². The van der Waals surface area contributed by atoms with Gasteiger partial charge in [0, 0.05) is 14.8 Å². The normalized spacial score (nSPS) is 12.6. The molecule has 1 nitrogen and oxygen atoms in total. The van der Waals surface area contributed by atoms with Crippen LogP contribution in [0.4, 0.5) is 0 Å². The van der Waals surface area contributed by atoms with Gasteiger partial charge in [-0.1, -0.05) is 30.7 Å². The Morgan fingerprint density at radius 2 is 1.75 bits per heavy atom. The fourth-order valence-corrected chi connectivity index (χ4v) is 3.66. The summed E-state index contributed by atoms with van der Waals surface area (Å²) in [5.74, 6) is 0.629. The second-order valence-electron chi connectivity index (χ2n) is 5.18. The van der Waals surface area contributed by atoms with Gasteiger partial charge in [0.1, 0.15) is 0 Å². The van der Waals surface area contributed by atoms with E-state index in [4.69, 9.17) is 11.6 Å². The van der Waals surface area contributed by atoms with Crippen molar-refractivity contribution in [2.45, 2.75) is 26.2 Å². The molecule has 0 saturated carbocycles. The summed E-state index contributed by atoms with van der Waals surface area (Å²) < 4.78 is 0. The molecule has 108 valence electrons. The molecule has 0 fully saturated rings. The lowest BCUT2D eigenvalue weighted by Gasteiger charge is -2.16. The highest BCUT2D eigenvalue weighted by molar-refractivity contribution is 7.11. The van der Waals surface area contributed by atoms with Crippen molar-refractivity contribution in [2.75, 3.05) is 13.6 Å². The molecular formula is C17H22ClNS. The fraction of sp³-hybridized carbons (Fsp3) is 0.412. The van der Waals surface area contributed by atoms with Crippen molar-refractivity contribution in [3.05, 3.63) is 56.7 Å². The predicted molar refractivity (Wildman–Crippen MR) is 90.0 cm³/mol. The van der Waals surface area contributed by atoms with Gasteiger partial charge in [-0.15, -0.1) is 11.3 Å². The number of halogens is 1. The highest BCUT2D eigenvalue weighted by Crippen LogP contribution is 2.22. The third-order valence-electron chi connectivity index (χ3n) is 3.49. The molecule has 1 aromatic carbocycles. The zero-order valence-electron chi connectivity index (χ0n) is 12.2. The lowest BCUT2D eigenvalue weighted by Crippen LogP contribution is -2.22. The molecule has 2 aromatic rings. The van der Waals surface area contributed by atoms with Gasteiger partial charge in [0.05, 0.1) is 0 Å². The van der Waals surface area contributed by atoms with E-state index in [9.17, 15) is 0 Å². The van der Waals surface area contributed by atoms with Crippen LogP contribution in [0.3, 0.4) is 0 Å². The van der Waals surface area contributed by atoms with Crippen molar-refractivity contribution < 1.29 is 0 Å². The Hall–Kier alpha value is -0.830. The Kier molecular flexibility index (Phi) is 6.08. The average molecular weight is 308 g/mol. The molecule has 0 bridgehead atoms. The van der Waals surface area contributed by atoms with Crippen LogP contribution in [0.5, 0.6) is 0 Å². The second kappa shape index (κ2) is 7.82. The van der Waals surface area contributed by atoms with Crippen LogP contribution in [0, 0.1) is 5.92 Å². The first kappa shape index (κ1) is 15.6. The number of hydrogen-bond donors (Lipinski definition) is 1. The molecule has 0 amide bonds. The van der Waals surface area contributed by atoms with E-state index >= 15 is 0 Å². The smallest absolute Gasteiger partial charge is 0.0406 e. The molecule has 1 heterocycles. The number of aryl methyl sites for hydroxylation is 1. The third-order valence-corrected chi connectivity index (χ3v) is 4.99. The van der Waals surface area contributed by atoms with E-state index in [1.807, 2.05) is 30.5 Å². The first-order valence-corrected chi connectivity index (χ1v) is 8.37. The van der Waals surface area contributed by atoms with Crippen LogP contribution >= 0.6 is 22.9 Å². The van der Waals surface area contributed by atoms with Crippen LogP contribution in [-0.2, 0) is 19.3 Å². The van der Waals surface area contributed by atoms with E-state index in [2.05, 4.69) is 36.5 Å². The summed E-state index contributed by atoms with van der Waals surface area (Å²) >= 11 is 7.90. The van der Waals surface area contributed by atoms with Gasteiger partial charge in [-0.05, 0) is 68.6 Å². The lowest BCUT2D eigenvalue weighted by atomic mass is 9.95. The van der Waals surface area contributed by atoms with Crippen LogP contribution in [-0.4, -0.2) is 13.6 Å². The van der Waals surface area contributed by atoms with E-state index < -0.39 is 0 Å². The minimum absolute atomic E-state index is 0.629. The SMILES string of the molecule is CCc1ccc(CC(CNC)Cc2ccc(Cl)cc2)s1. The molecule has 1 atom stereocenters. The minimum atomic E-state index is 0.629. The van der Waals surface area contributed by atoms with Crippen molar-refractivity contribution in [1.29, 1.82) is 0 Å². The predicted octanol–water partition coefficient (Wildman–Crippen LogP) is 4.58. The van der Waals surface area contributed by atoms with Crippen LogP contribution in [0.25, 0.3) is 0 Å². The van der Waals surface area contributed by atoms with Crippen molar-refractivity contribution >= 4 is 22.9 Å². The summed E-state index contributed by atoms with van der Waals surface area (Å²) in [6, 6.07) is 12.8. The number of benzene rings is 1. The molecular weight excluding hydrogens is 286 g/mol. The van der Waals surface area contributed by atoms with E-state index in [0.29, 0.717) is 5.92 Å². The van der Waals surface area contributed by atoms with Crippen molar-refractivity contribution in [2.24, 2.45) is 5.92 Å². The Labute approximate surface area is 131 Å². The number of hydrogen-bond acceptors (Lipinski definition) is 2. The second-order valence-corrected chi connectivity index (χ2v) is 6.87. The Balaban J connectivity index is 2.00. The zero-order valence-corrected chi connectivity index (χ0v) is 13.7. The number of thiophene rings is 1. The van der Waals surface area contributed by atoms with E-state index in [0.717, 1.165) is 30.8 Å². The summed E-state index contributed by atoms with van der Waals surface area (Å²) in [4.78, 5) is 2.98. The first-order valence-electron chi connectivity index (χ1n) is 7.18. The molecule has 3 heteroatoms. The topological polar surface area (TPSA) is 12.0 Å². The summed E-state index contributed by atoms with van der Waals surface area (Å²) in [5, 5.41) is 4.13. The van der Waals surface area contributed by atoms with Gasteiger partial charge in [0.25, 0.3) is 0 Å². The molecule has 1 N–H and O–H groups in total. The summed E-state index contributed by atoms with van der Waals surface area (Å²) in [6.45, 7) is 3.26. The maximum atomic E-state index is 5.95. The van der Waals surface area contributed by atoms with Gasteiger partial charge in [-0.3, -0.25) is 0 Å². The van der Waals surface area contributed by atoms with Crippen LogP contribution in [0.2, 0.25) is 5.02 Å². The summed E-state index contributed by atoms with van der Waals surface area (Å²) in [7, 11) is 2.03. The first-order chi connectivity index (χ1) is 9.71. The molecule has 0 spiro atoms. The van der Waals surface area contributed by atoms with E-state index in [1.165, 1.54) is 15.3 Å². The molecule has 0 aliphatic rings. The Bertz CT molecular complexity index is 518. The molecule has 0 aliphatic heterocycles. The van der Waals surface area contributed by atoms with E-state index in [1.54, 1.807) is 0 Å². The molecule has 0 aliphatic carbocycles. The van der Waals surface area contributed by atoms with E-state index in [-0.39, 0.29) is 0 Å². The molecule has 0 saturated heterocycles. The highest BCUT2D eigenvalue weighted by Gasteiger charge is 2.11. The number of nitrogens with one attached hydrogen (secondary N) is 1. The number of rotatable bonds is 7. The van der Waals surface area contributed by atoms with Gasteiger partial charge in [-0.2, -0.15) is 0 Å². The molecule has 20 heavy (non-hydrogen) atoms. The molecule has 0 radical (unpaired) electrons. The van der Waals surface area contributed by atoms with Gasteiger partial charge >= 0.3 is 0 Å². The Morgan fingerprint density at radius 3 is 2.35 bits per heavy atom. The van der Waals surface area contributed by atoms with Crippen molar-refractivity contribution in [3.8, 4) is 0 Å². The van der Waals surface area contributed by atoms with Crippen molar-refractivity contribution in [1.82, 2.24) is 5.32 Å². The summed E-state index contributed by atoms with van der Waals surface area (Å²) in [5.41, 5.74) is 1.36. The average Bonchev–Trinajstić information content (AvgIpc) is 2.89. The maximum Gasteiger partial charge on any atom is 0.0406 e. The fourth-order valence-electron chi connectivity index (χ4n) is 2.47. The minimum Gasteiger partial charge on any atom is -0.319 e. The summed E-state index contributed by atoms with van der Waals surface area (Å²) in [6.07, 6.45) is 3.38. The Morgan fingerprint density at radius 1 is 1.05 bits per heavy atom. The lowest BCUT2D eigenvalue weighted by molar-refractivity contribution is 0.496.